The van der Waals surface area contributed by atoms with Crippen LogP contribution in [0.2, 0.25) is 0 Å². The molecule has 170 valence electrons. The van der Waals surface area contributed by atoms with E-state index in [-0.39, 0.29) is 17.9 Å². The Kier molecular flexibility index (Phi) is 9.87. The van der Waals surface area contributed by atoms with E-state index in [1.807, 2.05) is 42.5 Å². The number of carbonyl (C=O) groups is 2. The number of ether oxygens (including phenoxy) is 1. The molecule has 1 saturated heterocycles. The molecule has 1 fully saturated rings. The van der Waals surface area contributed by atoms with Crippen LogP contribution in [0.15, 0.2) is 64.2 Å². The Labute approximate surface area is 197 Å². The van der Waals surface area contributed by atoms with E-state index in [1.165, 1.54) is 0 Å². The van der Waals surface area contributed by atoms with Crippen molar-refractivity contribution < 1.29 is 14.3 Å². The second-order valence-electron chi connectivity index (χ2n) is 7.57. The second kappa shape index (κ2) is 13.1. The molecular formula is C24H29BrN4O3. The lowest BCUT2D eigenvalue weighted by Crippen LogP contribution is -2.50. The molecule has 0 radical (unpaired) electrons. The summed E-state index contributed by atoms with van der Waals surface area (Å²) in [4.78, 5) is 27.1. The minimum Gasteiger partial charge on any atom is -0.379 e. The van der Waals surface area contributed by atoms with E-state index < -0.39 is 0 Å². The molecule has 32 heavy (non-hydrogen) atoms. The Balaban J connectivity index is 1.47. The number of hydrogen-bond donors (Lipinski definition) is 2. The predicted octanol–water partition coefficient (Wildman–Crippen LogP) is 3.20. The van der Waals surface area contributed by atoms with Crippen molar-refractivity contribution >= 4 is 34.0 Å². The van der Waals surface area contributed by atoms with Crippen LogP contribution in [0.1, 0.15) is 35.2 Å². The van der Waals surface area contributed by atoms with Gasteiger partial charge in [-0.05, 0) is 49.1 Å². The van der Waals surface area contributed by atoms with Crippen LogP contribution < -0.4 is 10.7 Å². The monoisotopic (exact) mass is 500 g/mol. The van der Waals surface area contributed by atoms with Crippen molar-refractivity contribution in [3.8, 4) is 0 Å². The molecule has 2 aromatic rings. The molecule has 1 atom stereocenters. The van der Waals surface area contributed by atoms with Crippen LogP contribution in [-0.2, 0) is 9.53 Å². The lowest BCUT2D eigenvalue weighted by Gasteiger charge is -2.33. The third-order valence-electron chi connectivity index (χ3n) is 5.27. The molecule has 1 aliphatic rings. The zero-order valence-corrected chi connectivity index (χ0v) is 19.6. The standard InChI is InChI=1S/C24H29BrN4O3/c25-21-11-9-19(10-12-21)18-27-28-24(31)22(29-14-16-32-17-15-29)8-4-5-13-26-23(30)20-6-2-1-3-7-20/h1-3,6-7,9-12,18,22H,4-5,8,13-17H2,(H,26,30)(H,28,31)/b27-18+/t22-/m1/s1. The number of nitrogens with one attached hydrogen (secondary N) is 2. The lowest BCUT2D eigenvalue weighted by molar-refractivity contribution is -0.128. The number of halogens is 1. The van der Waals surface area contributed by atoms with E-state index in [0.717, 1.165) is 36.0 Å². The summed E-state index contributed by atoms with van der Waals surface area (Å²) in [5.74, 6) is -0.191. The van der Waals surface area contributed by atoms with Crippen LogP contribution in [0.5, 0.6) is 0 Å². The Hall–Kier alpha value is -2.55. The fourth-order valence-corrected chi connectivity index (χ4v) is 3.78. The third kappa shape index (κ3) is 7.85. The summed E-state index contributed by atoms with van der Waals surface area (Å²) in [6.45, 7) is 3.27. The lowest BCUT2D eigenvalue weighted by atomic mass is 10.1. The SMILES string of the molecule is O=C(NCCCC[C@H](C(=O)N/N=C/c1ccc(Br)cc1)N1CCOCC1)c1ccccc1. The highest BCUT2D eigenvalue weighted by molar-refractivity contribution is 9.10. The molecule has 8 heteroatoms. The van der Waals surface area contributed by atoms with Gasteiger partial charge >= 0.3 is 0 Å². The van der Waals surface area contributed by atoms with E-state index in [9.17, 15) is 9.59 Å². The Bertz CT molecular complexity index is 884. The maximum atomic E-state index is 12.9. The summed E-state index contributed by atoms with van der Waals surface area (Å²) >= 11 is 3.40. The Morgan fingerprint density at radius 2 is 1.78 bits per heavy atom. The van der Waals surface area contributed by atoms with Gasteiger partial charge < -0.3 is 10.1 Å². The van der Waals surface area contributed by atoms with Crippen molar-refractivity contribution in [2.24, 2.45) is 5.10 Å². The number of rotatable bonds is 10. The van der Waals surface area contributed by atoms with Gasteiger partial charge in [-0.25, -0.2) is 5.43 Å². The molecule has 3 rings (SSSR count). The van der Waals surface area contributed by atoms with Gasteiger partial charge in [-0.1, -0.05) is 46.3 Å². The van der Waals surface area contributed by atoms with Gasteiger partial charge in [0.05, 0.1) is 25.5 Å². The van der Waals surface area contributed by atoms with E-state index >= 15 is 0 Å². The normalized spacial score (nSPS) is 15.4. The second-order valence-corrected chi connectivity index (χ2v) is 8.48. The fraction of sp³-hybridized carbons (Fsp3) is 0.375. The molecule has 0 aliphatic carbocycles. The number of amides is 2. The smallest absolute Gasteiger partial charge is 0.257 e. The molecule has 0 unspecified atom stereocenters. The quantitative estimate of drug-likeness (QED) is 0.298. The van der Waals surface area contributed by atoms with Gasteiger partial charge in [0, 0.05) is 29.7 Å². The fourth-order valence-electron chi connectivity index (χ4n) is 3.52. The number of unbranched alkanes of at least 4 members (excludes halogenated alkanes) is 1. The van der Waals surface area contributed by atoms with Crippen LogP contribution in [0.4, 0.5) is 0 Å². The van der Waals surface area contributed by atoms with Crippen molar-refractivity contribution in [3.05, 3.63) is 70.2 Å². The van der Waals surface area contributed by atoms with Crippen molar-refractivity contribution in [2.75, 3.05) is 32.8 Å². The van der Waals surface area contributed by atoms with Gasteiger partial charge in [-0.15, -0.1) is 0 Å². The summed E-state index contributed by atoms with van der Waals surface area (Å²) in [5.41, 5.74) is 4.25. The van der Waals surface area contributed by atoms with Gasteiger partial charge in [-0.3, -0.25) is 14.5 Å². The Morgan fingerprint density at radius 1 is 1.06 bits per heavy atom. The first-order valence-electron chi connectivity index (χ1n) is 10.9. The zero-order chi connectivity index (χ0) is 22.6. The zero-order valence-electron chi connectivity index (χ0n) is 18.0. The highest BCUT2D eigenvalue weighted by atomic mass is 79.9. The predicted molar refractivity (Wildman–Crippen MR) is 129 cm³/mol. The third-order valence-corrected chi connectivity index (χ3v) is 5.80. The summed E-state index contributed by atoms with van der Waals surface area (Å²) in [6.07, 6.45) is 3.95. The number of carbonyl (C=O) groups excluding carboxylic acids is 2. The van der Waals surface area contributed by atoms with Gasteiger partial charge in [0.1, 0.15) is 0 Å². The first-order valence-corrected chi connectivity index (χ1v) is 11.7. The van der Waals surface area contributed by atoms with Crippen molar-refractivity contribution in [1.82, 2.24) is 15.6 Å². The summed E-state index contributed by atoms with van der Waals surface area (Å²) in [6, 6.07) is 16.6. The van der Waals surface area contributed by atoms with Gasteiger partial charge in [0.25, 0.3) is 11.8 Å². The van der Waals surface area contributed by atoms with Gasteiger partial charge in [0.2, 0.25) is 0 Å². The van der Waals surface area contributed by atoms with Gasteiger partial charge in [0.15, 0.2) is 0 Å². The molecule has 1 heterocycles. The van der Waals surface area contributed by atoms with Crippen molar-refractivity contribution in [3.63, 3.8) is 0 Å². The first kappa shape index (κ1) is 24.1. The molecule has 0 aromatic heterocycles. The molecule has 2 N–H and O–H groups in total. The number of nitrogens with zero attached hydrogens (tertiary/aromatic N) is 2. The van der Waals surface area contributed by atoms with Crippen molar-refractivity contribution in [2.45, 2.75) is 25.3 Å². The minimum atomic E-state index is -0.272. The van der Waals surface area contributed by atoms with Gasteiger partial charge in [-0.2, -0.15) is 5.10 Å². The number of hydrogen-bond acceptors (Lipinski definition) is 5. The number of benzene rings is 2. The molecule has 0 saturated carbocycles. The van der Waals surface area contributed by atoms with E-state index in [2.05, 4.69) is 36.7 Å². The van der Waals surface area contributed by atoms with Crippen LogP contribution in [0.3, 0.4) is 0 Å². The minimum absolute atomic E-state index is 0.0737. The number of morpholine rings is 1. The maximum Gasteiger partial charge on any atom is 0.257 e. The Morgan fingerprint density at radius 3 is 2.50 bits per heavy atom. The largest absolute Gasteiger partial charge is 0.379 e. The highest BCUT2D eigenvalue weighted by Gasteiger charge is 2.26. The van der Waals surface area contributed by atoms with E-state index in [4.69, 9.17) is 4.74 Å². The van der Waals surface area contributed by atoms with E-state index in [1.54, 1.807) is 18.3 Å². The molecule has 2 amide bonds. The molecular weight excluding hydrogens is 472 g/mol. The van der Waals surface area contributed by atoms with Crippen LogP contribution in [0.25, 0.3) is 0 Å². The number of hydrazone groups is 1. The maximum absolute atomic E-state index is 12.9. The van der Waals surface area contributed by atoms with Crippen molar-refractivity contribution in [1.29, 1.82) is 0 Å². The average molecular weight is 501 g/mol. The van der Waals surface area contributed by atoms with Crippen LogP contribution in [0, 0.1) is 0 Å². The molecule has 2 aromatic carbocycles. The first-order chi connectivity index (χ1) is 15.6. The summed E-state index contributed by atoms with van der Waals surface area (Å²) < 4.78 is 6.43. The average Bonchev–Trinajstić information content (AvgIpc) is 2.83. The molecule has 1 aliphatic heterocycles. The van der Waals surface area contributed by atoms with Crippen LogP contribution >= 0.6 is 15.9 Å². The van der Waals surface area contributed by atoms with E-state index in [0.29, 0.717) is 31.7 Å². The topological polar surface area (TPSA) is 83.0 Å². The summed E-state index contributed by atoms with van der Waals surface area (Å²) in [7, 11) is 0. The molecule has 0 spiro atoms. The molecule has 7 nitrogen and oxygen atoms in total. The molecule has 0 bridgehead atoms. The highest BCUT2D eigenvalue weighted by Crippen LogP contribution is 2.12. The summed E-state index contributed by atoms with van der Waals surface area (Å²) in [5, 5.41) is 7.07. The van der Waals surface area contributed by atoms with Crippen LogP contribution in [-0.4, -0.2) is 61.8 Å².